The molecule has 0 saturated heterocycles. The number of nitrogens with one attached hydrogen (secondary N) is 1. The van der Waals surface area contributed by atoms with Gasteiger partial charge in [-0.1, -0.05) is 17.7 Å². The number of halogens is 1. The monoisotopic (exact) mass is 318 g/mol. The van der Waals surface area contributed by atoms with E-state index in [0.717, 1.165) is 22.0 Å². The molecule has 1 amide bonds. The third-order valence-corrected chi connectivity index (χ3v) is 3.48. The molecule has 2 rings (SSSR count). The van der Waals surface area contributed by atoms with Crippen molar-refractivity contribution in [3.63, 3.8) is 0 Å². The van der Waals surface area contributed by atoms with Crippen molar-refractivity contribution in [1.82, 2.24) is 10.3 Å². The van der Waals surface area contributed by atoms with Crippen molar-refractivity contribution < 1.29 is 4.79 Å². The number of pyridine rings is 1. The number of rotatable bonds is 4. The fourth-order valence-electron chi connectivity index (χ4n) is 1.77. The maximum absolute atomic E-state index is 12.1. The summed E-state index contributed by atoms with van der Waals surface area (Å²) in [5.41, 5.74) is 2.86. The van der Waals surface area contributed by atoms with Gasteiger partial charge in [-0.2, -0.15) is 0 Å². The lowest BCUT2D eigenvalue weighted by molar-refractivity contribution is 0.0953. The van der Waals surface area contributed by atoms with Crippen LogP contribution >= 0.6 is 15.9 Å². The zero-order valence-electron chi connectivity index (χ0n) is 10.7. The zero-order chi connectivity index (χ0) is 13.7. The summed E-state index contributed by atoms with van der Waals surface area (Å²) in [5.74, 6) is -0.0561. The molecule has 0 atom stereocenters. The van der Waals surface area contributed by atoms with E-state index in [0.29, 0.717) is 12.1 Å². The standard InChI is InChI=1S/C15H15BrN2O/c1-11-4-5-14(16)13(9-11)15(19)18-8-6-12-3-2-7-17-10-12/h2-5,7,9-10H,6,8H2,1H3,(H,18,19). The average Bonchev–Trinajstić information content (AvgIpc) is 2.42. The van der Waals surface area contributed by atoms with Gasteiger partial charge in [-0.15, -0.1) is 0 Å². The first-order valence-electron chi connectivity index (χ1n) is 6.10. The van der Waals surface area contributed by atoms with Crippen molar-refractivity contribution in [2.24, 2.45) is 0 Å². The second kappa shape index (κ2) is 6.48. The lowest BCUT2D eigenvalue weighted by Gasteiger charge is -2.07. The van der Waals surface area contributed by atoms with Crippen molar-refractivity contribution in [3.05, 3.63) is 63.9 Å². The largest absolute Gasteiger partial charge is 0.352 e. The minimum absolute atomic E-state index is 0.0561. The van der Waals surface area contributed by atoms with E-state index in [1.54, 1.807) is 6.20 Å². The molecule has 0 aliphatic carbocycles. The number of carbonyl (C=O) groups is 1. The smallest absolute Gasteiger partial charge is 0.252 e. The number of hydrogen-bond acceptors (Lipinski definition) is 2. The van der Waals surface area contributed by atoms with Gasteiger partial charge in [0.05, 0.1) is 5.56 Å². The molecule has 98 valence electrons. The molecule has 3 nitrogen and oxygen atoms in total. The number of carbonyl (C=O) groups excluding carboxylic acids is 1. The molecule has 1 N–H and O–H groups in total. The predicted octanol–water partition coefficient (Wildman–Crippen LogP) is 3.13. The minimum atomic E-state index is -0.0561. The molecule has 0 radical (unpaired) electrons. The van der Waals surface area contributed by atoms with Crippen LogP contribution in [0.25, 0.3) is 0 Å². The van der Waals surface area contributed by atoms with Gasteiger partial charge < -0.3 is 5.32 Å². The van der Waals surface area contributed by atoms with Crippen LogP contribution in [-0.2, 0) is 6.42 Å². The van der Waals surface area contributed by atoms with Crippen LogP contribution in [-0.4, -0.2) is 17.4 Å². The molecule has 0 fully saturated rings. The van der Waals surface area contributed by atoms with Gasteiger partial charge in [0.2, 0.25) is 0 Å². The second-order valence-electron chi connectivity index (χ2n) is 4.35. The van der Waals surface area contributed by atoms with E-state index < -0.39 is 0 Å². The molecule has 1 aromatic heterocycles. The topological polar surface area (TPSA) is 42.0 Å². The van der Waals surface area contributed by atoms with Crippen LogP contribution in [0.4, 0.5) is 0 Å². The van der Waals surface area contributed by atoms with Crippen LogP contribution in [0.2, 0.25) is 0 Å². The molecule has 0 spiro atoms. The van der Waals surface area contributed by atoms with Crippen molar-refractivity contribution >= 4 is 21.8 Å². The fourth-order valence-corrected chi connectivity index (χ4v) is 2.20. The lowest BCUT2D eigenvalue weighted by atomic mass is 10.1. The highest BCUT2D eigenvalue weighted by molar-refractivity contribution is 9.10. The van der Waals surface area contributed by atoms with Crippen LogP contribution in [0.5, 0.6) is 0 Å². The Morgan fingerprint density at radius 3 is 2.95 bits per heavy atom. The van der Waals surface area contributed by atoms with E-state index in [-0.39, 0.29) is 5.91 Å². The zero-order valence-corrected chi connectivity index (χ0v) is 12.3. The van der Waals surface area contributed by atoms with Crippen LogP contribution in [0.15, 0.2) is 47.2 Å². The lowest BCUT2D eigenvalue weighted by Crippen LogP contribution is -2.26. The molecule has 1 aromatic carbocycles. The van der Waals surface area contributed by atoms with Gasteiger partial charge in [0.25, 0.3) is 5.91 Å². The third kappa shape index (κ3) is 3.89. The summed E-state index contributed by atoms with van der Waals surface area (Å²) in [6.45, 7) is 2.57. The van der Waals surface area contributed by atoms with E-state index >= 15 is 0 Å². The van der Waals surface area contributed by atoms with Crippen LogP contribution in [0.1, 0.15) is 21.5 Å². The summed E-state index contributed by atoms with van der Waals surface area (Å²) in [6.07, 6.45) is 4.34. The van der Waals surface area contributed by atoms with Gasteiger partial charge in [0, 0.05) is 23.4 Å². The number of benzene rings is 1. The Hall–Kier alpha value is -1.68. The molecule has 1 heterocycles. The Morgan fingerprint density at radius 1 is 1.37 bits per heavy atom. The number of hydrogen-bond donors (Lipinski definition) is 1. The van der Waals surface area contributed by atoms with Gasteiger partial charge >= 0.3 is 0 Å². The maximum Gasteiger partial charge on any atom is 0.252 e. The van der Waals surface area contributed by atoms with Crippen molar-refractivity contribution in [2.75, 3.05) is 6.54 Å². The quantitative estimate of drug-likeness (QED) is 0.941. The Labute approximate surface area is 121 Å². The van der Waals surface area contributed by atoms with Crippen molar-refractivity contribution in [3.8, 4) is 0 Å². The second-order valence-corrected chi connectivity index (χ2v) is 5.20. The van der Waals surface area contributed by atoms with E-state index in [1.165, 1.54) is 0 Å². The van der Waals surface area contributed by atoms with Crippen molar-refractivity contribution in [1.29, 1.82) is 0 Å². The average molecular weight is 319 g/mol. The van der Waals surface area contributed by atoms with Crippen LogP contribution in [0, 0.1) is 6.92 Å². The summed E-state index contributed by atoms with van der Waals surface area (Å²) in [4.78, 5) is 16.1. The Morgan fingerprint density at radius 2 is 2.21 bits per heavy atom. The third-order valence-electron chi connectivity index (χ3n) is 2.79. The Kier molecular flexibility index (Phi) is 4.68. The van der Waals surface area contributed by atoms with Crippen molar-refractivity contribution in [2.45, 2.75) is 13.3 Å². The normalized spacial score (nSPS) is 10.2. The fraction of sp³-hybridized carbons (Fsp3) is 0.200. The number of aryl methyl sites for hydroxylation is 1. The van der Waals surface area contributed by atoms with E-state index in [9.17, 15) is 4.79 Å². The van der Waals surface area contributed by atoms with E-state index in [4.69, 9.17) is 0 Å². The first-order valence-corrected chi connectivity index (χ1v) is 6.89. The molecule has 0 saturated carbocycles. The summed E-state index contributed by atoms with van der Waals surface area (Å²) < 4.78 is 0.817. The first-order chi connectivity index (χ1) is 9.16. The number of nitrogens with zero attached hydrogens (tertiary/aromatic N) is 1. The SMILES string of the molecule is Cc1ccc(Br)c(C(=O)NCCc2cccnc2)c1. The molecule has 0 unspecified atom stereocenters. The van der Waals surface area contributed by atoms with Gasteiger partial charge in [-0.3, -0.25) is 9.78 Å². The maximum atomic E-state index is 12.1. The summed E-state index contributed by atoms with van der Waals surface area (Å²) in [7, 11) is 0. The molecule has 2 aromatic rings. The van der Waals surface area contributed by atoms with E-state index in [1.807, 2.05) is 43.5 Å². The van der Waals surface area contributed by atoms with Gasteiger partial charge in [0.15, 0.2) is 0 Å². The molecule has 0 aliphatic rings. The molecule has 4 heteroatoms. The summed E-state index contributed by atoms with van der Waals surface area (Å²) in [5, 5.41) is 2.92. The molecular weight excluding hydrogens is 304 g/mol. The summed E-state index contributed by atoms with van der Waals surface area (Å²) in [6, 6.07) is 9.64. The number of aromatic nitrogens is 1. The highest BCUT2D eigenvalue weighted by atomic mass is 79.9. The van der Waals surface area contributed by atoms with Gasteiger partial charge in [-0.05, 0) is 53.0 Å². The Bertz CT molecular complexity index is 570. The Balaban J connectivity index is 1.93. The molecule has 19 heavy (non-hydrogen) atoms. The number of amides is 1. The summed E-state index contributed by atoms with van der Waals surface area (Å²) >= 11 is 3.40. The first kappa shape index (κ1) is 13.7. The van der Waals surface area contributed by atoms with Crippen LogP contribution in [0.3, 0.4) is 0 Å². The molecule has 0 bridgehead atoms. The highest BCUT2D eigenvalue weighted by Gasteiger charge is 2.09. The molecule has 0 aliphatic heterocycles. The van der Waals surface area contributed by atoms with Gasteiger partial charge in [0.1, 0.15) is 0 Å². The van der Waals surface area contributed by atoms with Crippen LogP contribution < -0.4 is 5.32 Å². The van der Waals surface area contributed by atoms with E-state index in [2.05, 4.69) is 26.2 Å². The highest BCUT2D eigenvalue weighted by Crippen LogP contribution is 2.17. The molecular formula is C15H15BrN2O. The predicted molar refractivity (Wildman–Crippen MR) is 79.2 cm³/mol. The van der Waals surface area contributed by atoms with Gasteiger partial charge in [-0.25, -0.2) is 0 Å². The minimum Gasteiger partial charge on any atom is -0.352 e.